The van der Waals surface area contributed by atoms with Crippen LogP contribution < -0.4 is 14.8 Å². The number of sulfonamides is 1. The molecule has 1 aromatic heterocycles. The van der Waals surface area contributed by atoms with Crippen molar-refractivity contribution in [3.8, 4) is 17.3 Å². The molecular formula is C28H26ClFN4O6S. The van der Waals surface area contributed by atoms with Crippen molar-refractivity contribution in [2.24, 2.45) is 0 Å². The van der Waals surface area contributed by atoms with Crippen molar-refractivity contribution in [2.75, 3.05) is 5.32 Å². The van der Waals surface area contributed by atoms with Gasteiger partial charge in [0, 0.05) is 17.3 Å². The zero-order chi connectivity index (χ0) is 29.9. The normalized spacial score (nSPS) is 12.1. The molecule has 0 aliphatic rings. The number of carboxylic acids is 1. The molecule has 4 aromatic rings. The van der Waals surface area contributed by atoms with Crippen LogP contribution in [0.15, 0.2) is 71.6 Å². The average Bonchev–Trinajstić information content (AvgIpc) is 3.25. The van der Waals surface area contributed by atoms with E-state index in [2.05, 4.69) is 15.1 Å². The number of carbonyl (C=O) groups is 2. The van der Waals surface area contributed by atoms with Gasteiger partial charge in [0.1, 0.15) is 16.5 Å². The van der Waals surface area contributed by atoms with Crippen LogP contribution in [0.25, 0.3) is 5.69 Å². The molecule has 10 nitrogen and oxygen atoms in total. The summed E-state index contributed by atoms with van der Waals surface area (Å²) in [6, 6.07) is 15.0. The summed E-state index contributed by atoms with van der Waals surface area (Å²) in [4.78, 5) is 24.4. The van der Waals surface area contributed by atoms with Crippen molar-refractivity contribution in [3.63, 3.8) is 0 Å². The Labute approximate surface area is 240 Å². The van der Waals surface area contributed by atoms with Gasteiger partial charge in [-0.3, -0.25) is 4.79 Å². The number of nitrogens with zero attached hydrogens (tertiary/aromatic N) is 2. The van der Waals surface area contributed by atoms with Gasteiger partial charge in [-0.15, -0.1) is 0 Å². The van der Waals surface area contributed by atoms with Gasteiger partial charge in [-0.05, 0) is 74.9 Å². The number of halogens is 2. The number of carbonyl (C=O) groups excluding carboxylic acids is 1. The molecule has 1 atom stereocenters. The summed E-state index contributed by atoms with van der Waals surface area (Å²) in [5.74, 6) is -2.67. The van der Waals surface area contributed by atoms with Crippen molar-refractivity contribution in [2.45, 2.75) is 38.1 Å². The Kier molecular flexibility index (Phi) is 8.76. The van der Waals surface area contributed by atoms with Crippen molar-refractivity contribution >= 4 is 39.2 Å². The molecule has 0 radical (unpaired) electrons. The summed E-state index contributed by atoms with van der Waals surface area (Å²) in [5.41, 5.74) is 0.382. The van der Waals surface area contributed by atoms with Gasteiger partial charge in [-0.2, -0.15) is 9.78 Å². The summed E-state index contributed by atoms with van der Waals surface area (Å²) in [7, 11) is -4.21. The van der Waals surface area contributed by atoms with E-state index in [4.69, 9.17) is 16.3 Å². The van der Waals surface area contributed by atoms with Crippen LogP contribution >= 0.6 is 11.6 Å². The first-order valence-corrected chi connectivity index (χ1v) is 14.3. The van der Waals surface area contributed by atoms with E-state index >= 15 is 0 Å². The monoisotopic (exact) mass is 600 g/mol. The highest BCUT2D eigenvalue weighted by Gasteiger charge is 2.27. The van der Waals surface area contributed by atoms with E-state index in [-0.39, 0.29) is 49.7 Å². The Morgan fingerprint density at radius 2 is 1.80 bits per heavy atom. The molecule has 214 valence electrons. The predicted molar refractivity (Wildman–Crippen MR) is 151 cm³/mol. The number of hydrogen-bond donors (Lipinski definition) is 3. The first-order chi connectivity index (χ1) is 19.4. The Bertz CT molecular complexity index is 1720. The van der Waals surface area contributed by atoms with Crippen LogP contribution in [0.3, 0.4) is 0 Å². The van der Waals surface area contributed by atoms with Gasteiger partial charge in [-0.25, -0.2) is 22.3 Å². The Hall–Kier alpha value is -4.26. The number of aromatic nitrogens is 2. The highest BCUT2D eigenvalue weighted by atomic mass is 35.5. The first-order valence-electron chi connectivity index (χ1n) is 12.4. The van der Waals surface area contributed by atoms with Crippen molar-refractivity contribution in [3.05, 3.63) is 94.4 Å². The fourth-order valence-corrected chi connectivity index (χ4v) is 5.50. The molecule has 0 bridgehead atoms. The smallest absolute Gasteiger partial charge is 0.356 e. The number of ether oxygens (including phenoxy) is 1. The number of anilines is 1. The number of benzene rings is 3. The minimum atomic E-state index is -4.21. The molecule has 0 fully saturated rings. The fourth-order valence-electron chi connectivity index (χ4n) is 3.80. The van der Waals surface area contributed by atoms with Crippen LogP contribution in [-0.4, -0.2) is 41.2 Å². The van der Waals surface area contributed by atoms with Gasteiger partial charge >= 0.3 is 5.97 Å². The lowest BCUT2D eigenvalue weighted by Crippen LogP contribution is -2.32. The number of aromatic carboxylic acids is 1. The number of hydrogen-bond acceptors (Lipinski definition) is 6. The maximum absolute atomic E-state index is 13.6. The lowest BCUT2D eigenvalue weighted by Gasteiger charge is -2.18. The topological polar surface area (TPSA) is 140 Å². The van der Waals surface area contributed by atoms with Crippen LogP contribution in [-0.2, 0) is 10.0 Å². The molecular weight excluding hydrogens is 575 g/mol. The largest absolute Gasteiger partial charge is 0.476 e. The van der Waals surface area contributed by atoms with Crippen molar-refractivity contribution in [1.82, 2.24) is 14.5 Å². The molecule has 3 aromatic carbocycles. The SMILES string of the molecule is CC[C@@H](C)NS(=O)(=O)c1cc(NC(=O)c2ccccc2Cl)ccc1Oc1c(C)c(C(=O)O)nn1-c1ccc(F)cc1. The molecule has 0 aliphatic heterocycles. The second-order valence-electron chi connectivity index (χ2n) is 9.10. The number of nitrogens with one attached hydrogen (secondary N) is 2. The maximum atomic E-state index is 13.6. The molecule has 3 N–H and O–H groups in total. The highest BCUT2D eigenvalue weighted by molar-refractivity contribution is 7.89. The summed E-state index contributed by atoms with van der Waals surface area (Å²) in [6.45, 7) is 4.95. The zero-order valence-electron chi connectivity index (χ0n) is 22.2. The number of amides is 1. The van der Waals surface area contributed by atoms with Crippen LogP contribution in [0.2, 0.25) is 5.02 Å². The van der Waals surface area contributed by atoms with Gasteiger partial charge in [0.25, 0.3) is 5.91 Å². The minimum Gasteiger partial charge on any atom is -0.476 e. The van der Waals surface area contributed by atoms with Crippen LogP contribution in [0.1, 0.15) is 46.7 Å². The van der Waals surface area contributed by atoms with Crippen LogP contribution in [0.4, 0.5) is 10.1 Å². The van der Waals surface area contributed by atoms with Crippen LogP contribution in [0.5, 0.6) is 11.6 Å². The van der Waals surface area contributed by atoms with Gasteiger partial charge in [0.05, 0.1) is 16.3 Å². The van der Waals surface area contributed by atoms with E-state index in [1.54, 1.807) is 25.1 Å². The van der Waals surface area contributed by atoms with E-state index in [0.29, 0.717) is 6.42 Å². The first kappa shape index (κ1) is 29.7. The second-order valence-corrected chi connectivity index (χ2v) is 11.2. The van der Waals surface area contributed by atoms with Gasteiger partial charge in [0.15, 0.2) is 5.69 Å². The van der Waals surface area contributed by atoms with Gasteiger partial charge < -0.3 is 15.2 Å². The second kappa shape index (κ2) is 12.1. The van der Waals surface area contributed by atoms with E-state index in [9.17, 15) is 27.5 Å². The van der Waals surface area contributed by atoms with Crippen molar-refractivity contribution in [1.29, 1.82) is 0 Å². The molecule has 0 saturated carbocycles. The number of rotatable bonds is 10. The van der Waals surface area contributed by atoms with Gasteiger partial charge in [0.2, 0.25) is 15.9 Å². The van der Waals surface area contributed by atoms with Crippen LogP contribution in [0, 0.1) is 12.7 Å². The number of carboxylic acid groups (broad SMARTS) is 1. The minimum absolute atomic E-state index is 0.0955. The summed E-state index contributed by atoms with van der Waals surface area (Å²) in [5, 5.41) is 16.6. The standard InChI is InChI=1S/C28H26ClFN4O6S/c1-4-16(2)33-41(38,39)24-15-19(31-26(35)21-7-5-6-8-22(21)29)11-14-23(24)40-27-17(3)25(28(36)37)32-34(27)20-12-9-18(30)10-13-20/h5-16,33H,4H2,1-3H3,(H,31,35)(H,36,37)/t16-/m1/s1. The third-order valence-corrected chi connectivity index (χ3v) is 8.07. The molecule has 4 rings (SSSR count). The van der Waals surface area contributed by atoms with Crippen molar-refractivity contribution < 1.29 is 32.2 Å². The van der Waals surface area contributed by atoms with E-state index < -0.39 is 33.8 Å². The summed E-state index contributed by atoms with van der Waals surface area (Å²) >= 11 is 6.13. The van der Waals surface area contributed by atoms with Gasteiger partial charge in [-0.1, -0.05) is 30.7 Å². The molecule has 41 heavy (non-hydrogen) atoms. The lowest BCUT2D eigenvalue weighted by atomic mass is 10.2. The Morgan fingerprint density at radius 3 is 2.44 bits per heavy atom. The molecule has 0 unspecified atom stereocenters. The van der Waals surface area contributed by atoms with E-state index in [0.717, 1.165) is 4.68 Å². The molecule has 13 heteroatoms. The average molecular weight is 601 g/mol. The highest BCUT2D eigenvalue weighted by Crippen LogP contribution is 2.35. The Morgan fingerprint density at radius 1 is 1.12 bits per heavy atom. The molecule has 0 aliphatic carbocycles. The summed E-state index contributed by atoms with van der Waals surface area (Å²) in [6.07, 6.45) is 0.497. The molecule has 0 saturated heterocycles. The zero-order valence-corrected chi connectivity index (χ0v) is 23.8. The lowest BCUT2D eigenvalue weighted by molar-refractivity contribution is 0.0689. The Balaban J connectivity index is 1.82. The summed E-state index contributed by atoms with van der Waals surface area (Å²) < 4.78 is 50.3. The third kappa shape index (κ3) is 6.56. The quantitative estimate of drug-likeness (QED) is 0.209. The van der Waals surface area contributed by atoms with E-state index in [1.807, 2.05) is 6.92 Å². The maximum Gasteiger partial charge on any atom is 0.356 e. The molecule has 0 spiro atoms. The molecule has 1 amide bonds. The van der Waals surface area contributed by atoms with E-state index in [1.165, 1.54) is 55.5 Å². The third-order valence-electron chi connectivity index (χ3n) is 6.13. The molecule has 1 heterocycles. The predicted octanol–water partition coefficient (Wildman–Crippen LogP) is 5.79. The fraction of sp³-hybridized carbons (Fsp3) is 0.179.